The number of nitrogens with one attached hydrogen (secondary N) is 1. The number of nitrogens with zero attached hydrogens (tertiary/aromatic N) is 2. The molecule has 1 aromatic heterocycles. The van der Waals surface area contributed by atoms with Gasteiger partial charge in [0.2, 0.25) is 0 Å². The molecule has 0 spiro atoms. The van der Waals surface area contributed by atoms with Crippen molar-refractivity contribution in [3.63, 3.8) is 0 Å². The normalized spacial score (nSPS) is 18.3. The van der Waals surface area contributed by atoms with Crippen molar-refractivity contribution >= 4 is 11.5 Å². The number of methoxy groups -OCH3 is 1. The van der Waals surface area contributed by atoms with Crippen LogP contribution in [0.4, 0.5) is 24.7 Å². The van der Waals surface area contributed by atoms with E-state index in [9.17, 15) is 13.2 Å². The summed E-state index contributed by atoms with van der Waals surface area (Å²) in [5.41, 5.74) is 3.30. The number of ether oxygens (including phenoxy) is 1. The number of rotatable bonds is 7. The number of benzene rings is 2. The van der Waals surface area contributed by atoms with Crippen LogP contribution >= 0.6 is 0 Å². The fraction of sp³-hybridized carbons (Fsp3) is 0.407. The van der Waals surface area contributed by atoms with Gasteiger partial charge in [0.25, 0.3) is 0 Å². The molecule has 1 heterocycles. The van der Waals surface area contributed by atoms with E-state index in [0.717, 1.165) is 55.5 Å². The van der Waals surface area contributed by atoms with Crippen molar-refractivity contribution in [2.24, 2.45) is 11.8 Å². The van der Waals surface area contributed by atoms with Crippen LogP contribution in [0.15, 0.2) is 54.6 Å². The minimum absolute atomic E-state index is 0.279. The fourth-order valence-corrected chi connectivity index (χ4v) is 4.70. The van der Waals surface area contributed by atoms with E-state index in [1.54, 1.807) is 7.11 Å². The number of anilines is 2. The zero-order chi connectivity index (χ0) is 24.1. The van der Waals surface area contributed by atoms with Gasteiger partial charge in [-0.05, 0) is 73.8 Å². The van der Waals surface area contributed by atoms with Crippen LogP contribution in [-0.2, 0) is 36.8 Å². The Bertz CT molecular complexity index is 1080. The largest absolute Gasteiger partial charge is 0.416 e. The van der Waals surface area contributed by atoms with Crippen molar-refractivity contribution in [1.29, 1.82) is 0 Å². The van der Waals surface area contributed by atoms with Crippen molar-refractivity contribution in [3.05, 3.63) is 82.8 Å². The molecule has 0 radical (unpaired) electrons. The molecular weight excluding hydrogens is 439 g/mol. The lowest BCUT2D eigenvalue weighted by Gasteiger charge is -2.21. The molecular formula is C27H30F3N3O. The maximum absolute atomic E-state index is 12.9. The van der Waals surface area contributed by atoms with Crippen molar-refractivity contribution in [2.45, 2.75) is 51.8 Å². The maximum atomic E-state index is 12.9. The summed E-state index contributed by atoms with van der Waals surface area (Å²) in [6.07, 6.45) is 0.491. The highest BCUT2D eigenvalue weighted by molar-refractivity contribution is 5.61. The Balaban J connectivity index is 1.55. The van der Waals surface area contributed by atoms with E-state index >= 15 is 0 Å². The molecule has 0 bridgehead atoms. The van der Waals surface area contributed by atoms with Crippen LogP contribution < -0.4 is 5.32 Å². The molecule has 180 valence electrons. The monoisotopic (exact) mass is 469 g/mol. The second-order valence-electron chi connectivity index (χ2n) is 9.05. The summed E-state index contributed by atoms with van der Waals surface area (Å²) in [6, 6.07) is 15.6. The smallest absolute Gasteiger partial charge is 0.377 e. The van der Waals surface area contributed by atoms with E-state index in [2.05, 4.69) is 41.5 Å². The highest BCUT2D eigenvalue weighted by Gasteiger charge is 2.30. The number of fused-ring (bicyclic) bond motifs is 1. The summed E-state index contributed by atoms with van der Waals surface area (Å²) in [4.78, 5) is 9.45. The van der Waals surface area contributed by atoms with Gasteiger partial charge in [0.05, 0.1) is 5.56 Å². The standard InChI is InChI=1S/C27H30F3N3O/c1-18-16-24-23(15-10-20(18)9-8-19-6-4-3-5-7-19)26(33-25(32-24)17-34-2)31-22-13-11-21(12-14-22)27(28,29)30/h3-7,11-14,18,20H,8-10,15-17H2,1-2H3,(H,31,32,33). The topological polar surface area (TPSA) is 47.0 Å². The van der Waals surface area contributed by atoms with E-state index in [4.69, 9.17) is 9.72 Å². The molecule has 2 aromatic carbocycles. The SMILES string of the molecule is COCc1nc2c(c(Nc3ccc(C(F)(F)F)cc3)n1)CCC(CCc1ccccc1)C(C)C2. The molecule has 7 heteroatoms. The van der Waals surface area contributed by atoms with Gasteiger partial charge in [-0.25, -0.2) is 9.97 Å². The minimum atomic E-state index is -4.36. The average Bonchev–Trinajstić information content (AvgIpc) is 2.96. The first-order chi connectivity index (χ1) is 16.3. The predicted molar refractivity (Wildman–Crippen MR) is 127 cm³/mol. The summed E-state index contributed by atoms with van der Waals surface area (Å²) in [6.45, 7) is 2.56. The summed E-state index contributed by atoms with van der Waals surface area (Å²) in [5, 5.41) is 3.25. The second-order valence-corrected chi connectivity index (χ2v) is 9.05. The van der Waals surface area contributed by atoms with Crippen LogP contribution in [0.2, 0.25) is 0 Å². The molecule has 4 nitrogen and oxygen atoms in total. The third-order valence-electron chi connectivity index (χ3n) is 6.62. The first-order valence-electron chi connectivity index (χ1n) is 11.7. The van der Waals surface area contributed by atoms with Crippen LogP contribution in [0.5, 0.6) is 0 Å². The Hall–Kier alpha value is -2.93. The lowest BCUT2D eigenvalue weighted by atomic mass is 9.84. The van der Waals surface area contributed by atoms with Crippen LogP contribution in [0.3, 0.4) is 0 Å². The third-order valence-corrected chi connectivity index (χ3v) is 6.62. The van der Waals surface area contributed by atoms with Crippen molar-refractivity contribution < 1.29 is 17.9 Å². The Labute approximate surface area is 198 Å². The van der Waals surface area contributed by atoms with Crippen LogP contribution in [0, 0.1) is 11.8 Å². The molecule has 4 rings (SSSR count). The number of aromatic nitrogens is 2. The summed E-state index contributed by atoms with van der Waals surface area (Å²) >= 11 is 0. The number of alkyl halides is 3. The van der Waals surface area contributed by atoms with Crippen molar-refractivity contribution in [2.75, 3.05) is 12.4 Å². The molecule has 1 N–H and O–H groups in total. The number of hydrogen-bond acceptors (Lipinski definition) is 4. The van der Waals surface area contributed by atoms with E-state index in [1.807, 2.05) is 6.07 Å². The zero-order valence-electron chi connectivity index (χ0n) is 19.5. The van der Waals surface area contributed by atoms with Gasteiger partial charge in [0.1, 0.15) is 12.4 Å². The third kappa shape index (κ3) is 5.95. The Kier molecular flexibility index (Phi) is 7.51. The Morgan fingerprint density at radius 2 is 1.76 bits per heavy atom. The fourth-order valence-electron chi connectivity index (χ4n) is 4.70. The van der Waals surface area contributed by atoms with Gasteiger partial charge in [-0.2, -0.15) is 13.2 Å². The van der Waals surface area contributed by atoms with Crippen LogP contribution in [0.1, 0.15) is 48.0 Å². The first kappa shape index (κ1) is 24.2. The quantitative estimate of drug-likeness (QED) is 0.389. The van der Waals surface area contributed by atoms with Gasteiger partial charge in [-0.1, -0.05) is 37.3 Å². The van der Waals surface area contributed by atoms with E-state index < -0.39 is 11.7 Å². The van der Waals surface area contributed by atoms with Gasteiger partial charge in [0.15, 0.2) is 5.82 Å². The Morgan fingerprint density at radius 1 is 1.03 bits per heavy atom. The van der Waals surface area contributed by atoms with Gasteiger partial charge in [0, 0.05) is 24.1 Å². The maximum Gasteiger partial charge on any atom is 0.416 e. The first-order valence-corrected chi connectivity index (χ1v) is 11.7. The number of hydrogen-bond donors (Lipinski definition) is 1. The second kappa shape index (κ2) is 10.6. The highest BCUT2D eigenvalue weighted by Crippen LogP contribution is 2.35. The summed E-state index contributed by atoms with van der Waals surface area (Å²) in [5.74, 6) is 2.26. The molecule has 0 saturated heterocycles. The molecule has 0 aliphatic heterocycles. The van der Waals surface area contributed by atoms with Gasteiger partial charge in [-0.15, -0.1) is 0 Å². The lowest BCUT2D eigenvalue weighted by Crippen LogP contribution is -2.14. The Morgan fingerprint density at radius 3 is 2.44 bits per heavy atom. The zero-order valence-corrected chi connectivity index (χ0v) is 19.5. The number of aryl methyl sites for hydroxylation is 1. The molecule has 34 heavy (non-hydrogen) atoms. The minimum Gasteiger partial charge on any atom is -0.377 e. The molecule has 0 amide bonds. The summed E-state index contributed by atoms with van der Waals surface area (Å²) in [7, 11) is 1.60. The van der Waals surface area contributed by atoms with E-state index in [-0.39, 0.29) is 6.61 Å². The number of halogens is 3. The van der Waals surface area contributed by atoms with Gasteiger partial charge >= 0.3 is 6.18 Å². The predicted octanol–water partition coefficient (Wildman–Crippen LogP) is 6.76. The van der Waals surface area contributed by atoms with Gasteiger partial charge < -0.3 is 10.1 Å². The van der Waals surface area contributed by atoms with E-state index in [0.29, 0.717) is 29.2 Å². The van der Waals surface area contributed by atoms with E-state index in [1.165, 1.54) is 17.7 Å². The molecule has 0 saturated carbocycles. The van der Waals surface area contributed by atoms with Crippen LogP contribution in [0.25, 0.3) is 0 Å². The van der Waals surface area contributed by atoms with Gasteiger partial charge in [-0.3, -0.25) is 0 Å². The highest BCUT2D eigenvalue weighted by atomic mass is 19.4. The molecule has 0 fully saturated rings. The molecule has 1 aliphatic carbocycles. The van der Waals surface area contributed by atoms with Crippen molar-refractivity contribution in [1.82, 2.24) is 9.97 Å². The molecule has 2 atom stereocenters. The lowest BCUT2D eigenvalue weighted by molar-refractivity contribution is -0.137. The molecule has 1 aliphatic rings. The average molecular weight is 470 g/mol. The molecule has 3 aromatic rings. The molecule has 2 unspecified atom stereocenters. The van der Waals surface area contributed by atoms with Crippen molar-refractivity contribution in [3.8, 4) is 0 Å². The summed E-state index contributed by atoms with van der Waals surface area (Å²) < 4.78 is 44.1. The van der Waals surface area contributed by atoms with Crippen LogP contribution in [-0.4, -0.2) is 17.1 Å².